The third-order valence-corrected chi connectivity index (χ3v) is 7.49. The molecule has 2 aromatic carbocycles. The van der Waals surface area contributed by atoms with Crippen LogP contribution in [-0.4, -0.2) is 60.6 Å². The topological polar surface area (TPSA) is 195 Å². The molecule has 3 unspecified atom stereocenters. The van der Waals surface area contributed by atoms with Crippen LogP contribution in [0.5, 0.6) is 0 Å². The molecule has 0 saturated heterocycles. The van der Waals surface area contributed by atoms with Crippen molar-refractivity contribution in [2.24, 2.45) is 17.2 Å². The van der Waals surface area contributed by atoms with Gasteiger partial charge in [0.2, 0.25) is 17.7 Å². The number of aryl methyl sites for hydroxylation is 1. The maximum Gasteiger partial charge on any atom is 0.492 e. The molecular weight excluding hydrogens is 535 g/mol. The Labute approximate surface area is 248 Å². The van der Waals surface area contributed by atoms with Crippen molar-refractivity contribution in [3.63, 3.8) is 0 Å². The molecule has 12 heteroatoms. The molecule has 2 aromatic rings. The van der Waals surface area contributed by atoms with E-state index in [4.69, 9.17) is 21.9 Å². The van der Waals surface area contributed by atoms with Crippen LogP contribution in [0.2, 0.25) is 0 Å². The molecule has 228 valence electrons. The molecule has 11 nitrogen and oxygen atoms in total. The van der Waals surface area contributed by atoms with Gasteiger partial charge in [0.1, 0.15) is 0 Å². The van der Waals surface area contributed by atoms with Crippen LogP contribution in [0, 0.1) is 0 Å². The summed E-state index contributed by atoms with van der Waals surface area (Å²) in [6.45, 7) is 5.58. The Morgan fingerprint density at radius 1 is 1.05 bits per heavy atom. The molecule has 0 aromatic heterocycles. The Morgan fingerprint density at radius 3 is 2.33 bits per heavy atom. The van der Waals surface area contributed by atoms with Crippen molar-refractivity contribution >= 4 is 36.0 Å². The smallest absolute Gasteiger partial charge is 0.423 e. The third-order valence-electron chi connectivity index (χ3n) is 7.49. The fourth-order valence-corrected chi connectivity index (χ4v) is 5.26. The minimum Gasteiger partial charge on any atom is -0.423 e. The monoisotopic (exact) mass is 580 g/mol. The number of amides is 3. The highest BCUT2D eigenvalue weighted by Gasteiger charge is 2.40. The van der Waals surface area contributed by atoms with Crippen LogP contribution in [0.25, 0.3) is 0 Å². The molecule has 10 N–H and O–H groups in total. The van der Waals surface area contributed by atoms with E-state index in [1.165, 1.54) is 5.56 Å². The van der Waals surface area contributed by atoms with E-state index < -0.39 is 30.6 Å². The molecule has 42 heavy (non-hydrogen) atoms. The Balaban J connectivity index is 0.000000521. The van der Waals surface area contributed by atoms with Gasteiger partial charge in [-0.15, -0.1) is 0 Å². The van der Waals surface area contributed by atoms with E-state index in [1.54, 1.807) is 18.2 Å². The van der Waals surface area contributed by atoms with Crippen molar-refractivity contribution in [2.75, 3.05) is 11.9 Å². The average molecular weight is 581 g/mol. The lowest BCUT2D eigenvalue weighted by molar-refractivity contribution is -0.126. The minimum absolute atomic E-state index is 0.0321. The number of hydrogen-bond acceptors (Lipinski definition) is 8. The minimum atomic E-state index is -1.07. The summed E-state index contributed by atoms with van der Waals surface area (Å²) < 4.78 is 5.51. The largest absolute Gasteiger partial charge is 0.492 e. The van der Waals surface area contributed by atoms with Gasteiger partial charge >= 0.3 is 7.12 Å². The number of anilines is 1. The zero-order chi connectivity index (χ0) is 30.9. The molecular formula is C30H45BN6O5. The van der Waals surface area contributed by atoms with E-state index in [0.29, 0.717) is 24.0 Å². The normalized spacial score (nSPS) is 21.3. The lowest BCUT2D eigenvalue weighted by atomic mass is 9.78. The van der Waals surface area contributed by atoms with Crippen LogP contribution in [-0.2, 0) is 31.1 Å². The lowest BCUT2D eigenvalue weighted by Crippen LogP contribution is -2.49. The van der Waals surface area contributed by atoms with Crippen molar-refractivity contribution in [3.8, 4) is 0 Å². The predicted octanol–water partition coefficient (Wildman–Crippen LogP) is 0.374. The number of carbonyl (C=O) groups is 3. The molecule has 3 amide bonds. The highest BCUT2D eigenvalue weighted by Crippen LogP contribution is 2.30. The summed E-state index contributed by atoms with van der Waals surface area (Å²) in [7, 11) is -1.07. The first-order chi connectivity index (χ1) is 19.9. The van der Waals surface area contributed by atoms with E-state index in [9.17, 15) is 19.4 Å². The number of nitrogens with one attached hydrogen (secondary N) is 3. The third kappa shape index (κ3) is 9.92. The van der Waals surface area contributed by atoms with Crippen LogP contribution in [0.15, 0.2) is 48.5 Å². The van der Waals surface area contributed by atoms with Gasteiger partial charge in [0.15, 0.2) is 0 Å². The number of carbonyl (C=O) groups excluding carboxylic acids is 3. The molecule has 3 atom stereocenters. The zero-order valence-corrected chi connectivity index (χ0v) is 24.8. The van der Waals surface area contributed by atoms with Gasteiger partial charge in [0, 0.05) is 30.2 Å². The number of hydrogen-bond donors (Lipinski definition) is 7. The van der Waals surface area contributed by atoms with Gasteiger partial charge in [-0.1, -0.05) is 43.3 Å². The van der Waals surface area contributed by atoms with Gasteiger partial charge in [-0.05, 0) is 74.7 Å². The standard InChI is InChI=1S/C22H35BN6O5.C8H10/c1-22(2)16-4-3-14(10-17(16)23(33)34-22)28-20(31)11-27-21(32)18(26)5-6-19(30)29-15-8-12(24)7-13(25)9-15;1-2-8-6-4-3-5-7-8/h3-4,10,12-13,15,18,33H,5-9,11,24-26H2,1-2H3,(H,27,32)(H,28,31)(H,29,30);3-7H,2H2,1H3. The summed E-state index contributed by atoms with van der Waals surface area (Å²) in [4.78, 5) is 36.7. The Morgan fingerprint density at radius 2 is 1.71 bits per heavy atom. The summed E-state index contributed by atoms with van der Waals surface area (Å²) in [5.74, 6) is -1.18. The summed E-state index contributed by atoms with van der Waals surface area (Å²) in [6.07, 6.45) is 3.46. The second-order valence-corrected chi connectivity index (χ2v) is 11.5. The molecule has 2 aliphatic rings. The van der Waals surface area contributed by atoms with Crippen molar-refractivity contribution in [1.29, 1.82) is 0 Å². The van der Waals surface area contributed by atoms with Crippen molar-refractivity contribution < 1.29 is 24.1 Å². The SMILES string of the molecule is CC1(C)OB(O)c2cc(NC(=O)CNC(=O)C(N)CCC(=O)NC3CC(N)CC(N)C3)ccc21.CCc1ccccc1. The predicted molar refractivity (Wildman–Crippen MR) is 165 cm³/mol. The summed E-state index contributed by atoms with van der Waals surface area (Å²) in [5.41, 5.74) is 20.5. The van der Waals surface area contributed by atoms with Gasteiger partial charge in [0.25, 0.3) is 0 Å². The molecule has 1 aliphatic heterocycles. The molecule has 0 bridgehead atoms. The lowest BCUT2D eigenvalue weighted by Gasteiger charge is -2.31. The van der Waals surface area contributed by atoms with Gasteiger partial charge < -0.3 is 42.8 Å². The van der Waals surface area contributed by atoms with Crippen molar-refractivity contribution in [2.45, 2.75) is 89.1 Å². The average Bonchev–Trinajstić information content (AvgIpc) is 3.17. The zero-order valence-electron chi connectivity index (χ0n) is 24.8. The fraction of sp³-hybridized carbons (Fsp3) is 0.500. The Bertz CT molecular complexity index is 1200. The highest BCUT2D eigenvalue weighted by atomic mass is 16.5. The van der Waals surface area contributed by atoms with Gasteiger partial charge in [-0.25, -0.2) is 0 Å². The van der Waals surface area contributed by atoms with Gasteiger partial charge in [-0.3, -0.25) is 14.4 Å². The number of benzene rings is 2. The maximum atomic E-state index is 12.2. The van der Waals surface area contributed by atoms with Gasteiger partial charge in [0.05, 0.1) is 18.2 Å². The summed E-state index contributed by atoms with van der Waals surface area (Å²) in [5, 5.41) is 18.1. The van der Waals surface area contributed by atoms with Gasteiger partial charge in [-0.2, -0.15) is 0 Å². The highest BCUT2D eigenvalue weighted by molar-refractivity contribution is 6.62. The van der Waals surface area contributed by atoms with Crippen LogP contribution in [0.1, 0.15) is 64.0 Å². The van der Waals surface area contributed by atoms with Crippen LogP contribution < -0.4 is 38.6 Å². The molecule has 1 saturated carbocycles. The second kappa shape index (κ2) is 15.3. The summed E-state index contributed by atoms with van der Waals surface area (Å²) in [6, 6.07) is 14.5. The van der Waals surface area contributed by atoms with E-state index >= 15 is 0 Å². The van der Waals surface area contributed by atoms with E-state index in [-0.39, 0.29) is 43.4 Å². The molecule has 1 heterocycles. The van der Waals surface area contributed by atoms with E-state index in [0.717, 1.165) is 18.4 Å². The van der Waals surface area contributed by atoms with Crippen molar-refractivity contribution in [1.82, 2.24) is 10.6 Å². The van der Waals surface area contributed by atoms with Crippen molar-refractivity contribution in [3.05, 3.63) is 59.7 Å². The Kier molecular flexibility index (Phi) is 12.1. The fourth-order valence-electron chi connectivity index (χ4n) is 5.26. The molecule has 0 spiro atoms. The molecule has 4 rings (SSSR count). The van der Waals surface area contributed by atoms with E-state index in [2.05, 4.69) is 47.1 Å². The number of rotatable bonds is 9. The molecule has 1 aliphatic carbocycles. The summed E-state index contributed by atoms with van der Waals surface area (Å²) >= 11 is 0. The number of fused-ring (bicyclic) bond motifs is 1. The second-order valence-electron chi connectivity index (χ2n) is 11.5. The Hall–Kier alpha value is -3.29. The molecule has 0 radical (unpaired) electrons. The maximum absolute atomic E-state index is 12.2. The first kappa shape index (κ1) is 33.2. The van der Waals surface area contributed by atoms with Crippen LogP contribution in [0.4, 0.5) is 5.69 Å². The molecule has 1 fully saturated rings. The number of nitrogens with two attached hydrogens (primary N) is 3. The first-order valence-electron chi connectivity index (χ1n) is 14.6. The quantitative estimate of drug-likeness (QED) is 0.207. The first-order valence-corrected chi connectivity index (χ1v) is 14.6. The van der Waals surface area contributed by atoms with Crippen LogP contribution in [0.3, 0.4) is 0 Å². The van der Waals surface area contributed by atoms with E-state index in [1.807, 2.05) is 19.9 Å². The van der Waals surface area contributed by atoms with Crippen LogP contribution >= 0.6 is 0 Å².